The van der Waals surface area contributed by atoms with Gasteiger partial charge in [0.1, 0.15) is 11.4 Å². The Hall–Kier alpha value is -1.71. The van der Waals surface area contributed by atoms with E-state index in [-0.39, 0.29) is 17.5 Å². The lowest BCUT2D eigenvalue weighted by molar-refractivity contribution is -0.137. The van der Waals surface area contributed by atoms with Crippen LogP contribution >= 0.6 is 11.3 Å². The molecule has 7 nitrogen and oxygen atoms in total. The zero-order valence-corrected chi connectivity index (χ0v) is 12.2. The summed E-state index contributed by atoms with van der Waals surface area (Å²) in [6, 6.07) is 3.32. The molecule has 0 saturated heterocycles. The second-order valence-corrected chi connectivity index (χ2v) is 6.82. The molecule has 2 rings (SSSR count). The number of thiophene rings is 1. The molecule has 20 heavy (non-hydrogen) atoms. The minimum absolute atomic E-state index is 0.0536. The molecule has 108 valence electrons. The number of sulfonamides is 1. The topological polar surface area (TPSA) is 101 Å². The Balaban J connectivity index is 2.14. The van der Waals surface area contributed by atoms with Gasteiger partial charge in [0.15, 0.2) is 0 Å². The third kappa shape index (κ3) is 3.44. The van der Waals surface area contributed by atoms with Crippen LogP contribution in [-0.4, -0.2) is 29.3 Å². The highest BCUT2D eigenvalue weighted by atomic mass is 32.2. The summed E-state index contributed by atoms with van der Waals surface area (Å²) in [6.07, 6.45) is 2.32. The number of hydrogen-bond donors (Lipinski definition) is 2. The summed E-state index contributed by atoms with van der Waals surface area (Å²) in [4.78, 5) is 11.4. The van der Waals surface area contributed by atoms with Gasteiger partial charge in [-0.25, -0.2) is 13.1 Å². The minimum Gasteiger partial charge on any atom is -0.480 e. The average Bonchev–Trinajstić information content (AvgIpc) is 2.97. The summed E-state index contributed by atoms with van der Waals surface area (Å²) in [7, 11) is -3.72. The van der Waals surface area contributed by atoms with Crippen molar-refractivity contribution in [2.24, 2.45) is 0 Å². The fourth-order valence-electron chi connectivity index (χ4n) is 1.60. The van der Waals surface area contributed by atoms with E-state index in [0.717, 1.165) is 15.8 Å². The van der Waals surface area contributed by atoms with Crippen molar-refractivity contribution in [3.05, 3.63) is 34.8 Å². The van der Waals surface area contributed by atoms with Gasteiger partial charge in [-0.2, -0.15) is 5.10 Å². The molecule has 0 radical (unpaired) electrons. The highest BCUT2D eigenvalue weighted by Crippen LogP contribution is 2.20. The fourth-order valence-corrected chi connectivity index (χ4v) is 3.59. The smallest absolute Gasteiger partial charge is 0.325 e. The third-order valence-corrected chi connectivity index (χ3v) is 5.07. The first-order chi connectivity index (χ1) is 9.38. The normalized spacial score (nSPS) is 13.2. The number of aliphatic carboxylic acids is 1. The summed E-state index contributed by atoms with van der Waals surface area (Å²) >= 11 is 1.46. The van der Waals surface area contributed by atoms with Gasteiger partial charge in [-0.15, -0.1) is 11.3 Å². The van der Waals surface area contributed by atoms with E-state index in [4.69, 9.17) is 5.11 Å². The van der Waals surface area contributed by atoms with Gasteiger partial charge >= 0.3 is 5.97 Å². The van der Waals surface area contributed by atoms with Crippen LogP contribution in [-0.2, 0) is 21.4 Å². The molecule has 0 fully saturated rings. The van der Waals surface area contributed by atoms with Crippen LogP contribution in [0.25, 0.3) is 0 Å². The zero-order chi connectivity index (χ0) is 14.8. The van der Waals surface area contributed by atoms with E-state index < -0.39 is 16.0 Å². The molecule has 0 aliphatic heterocycles. The molecule has 1 unspecified atom stereocenters. The predicted molar refractivity (Wildman–Crippen MR) is 72.9 cm³/mol. The van der Waals surface area contributed by atoms with E-state index in [1.165, 1.54) is 17.5 Å². The second kappa shape index (κ2) is 5.73. The monoisotopic (exact) mass is 315 g/mol. The number of aromatic nitrogens is 2. The molecule has 2 aromatic heterocycles. The van der Waals surface area contributed by atoms with Crippen molar-refractivity contribution in [2.45, 2.75) is 24.4 Å². The second-order valence-electron chi connectivity index (χ2n) is 4.13. The molecule has 0 amide bonds. The first-order valence-corrected chi connectivity index (χ1v) is 8.05. The van der Waals surface area contributed by atoms with Gasteiger partial charge in [0.05, 0.1) is 12.2 Å². The Morgan fingerprint density at radius 2 is 2.35 bits per heavy atom. The van der Waals surface area contributed by atoms with E-state index in [2.05, 4.69) is 9.82 Å². The molecule has 1 atom stereocenters. The van der Waals surface area contributed by atoms with Gasteiger partial charge < -0.3 is 5.11 Å². The van der Waals surface area contributed by atoms with Crippen LogP contribution in [0.5, 0.6) is 0 Å². The van der Waals surface area contributed by atoms with Crippen LogP contribution in [0, 0.1) is 0 Å². The number of hydrogen-bond acceptors (Lipinski definition) is 5. The quantitative estimate of drug-likeness (QED) is 0.830. The molecule has 0 aromatic carbocycles. The molecule has 2 heterocycles. The number of nitrogens with one attached hydrogen (secondary N) is 1. The van der Waals surface area contributed by atoms with Crippen molar-refractivity contribution in [3.63, 3.8) is 0 Å². The molecule has 2 N–H and O–H groups in total. The molecule has 0 aliphatic rings. The van der Waals surface area contributed by atoms with Crippen LogP contribution in [0.15, 0.2) is 34.8 Å². The standard InChI is InChI=1S/C11H13N3O4S2/c1-8(10-3-2-4-19-10)13-20(17,18)9-5-12-14(6-9)7-11(15)16/h2-6,8,13H,7H2,1H3,(H,15,16). The number of nitrogens with zero attached hydrogens (tertiary/aromatic N) is 2. The van der Waals surface area contributed by atoms with E-state index in [9.17, 15) is 13.2 Å². The van der Waals surface area contributed by atoms with E-state index in [0.29, 0.717) is 0 Å². The molecular weight excluding hydrogens is 302 g/mol. The van der Waals surface area contributed by atoms with Crippen molar-refractivity contribution in [1.82, 2.24) is 14.5 Å². The highest BCUT2D eigenvalue weighted by molar-refractivity contribution is 7.89. The molecule has 9 heteroatoms. The van der Waals surface area contributed by atoms with Crippen LogP contribution in [0.4, 0.5) is 0 Å². The number of carbonyl (C=O) groups is 1. The van der Waals surface area contributed by atoms with Gasteiger partial charge in [0.2, 0.25) is 10.0 Å². The van der Waals surface area contributed by atoms with Crippen molar-refractivity contribution in [2.75, 3.05) is 0 Å². The molecule has 2 aromatic rings. The zero-order valence-electron chi connectivity index (χ0n) is 10.6. The van der Waals surface area contributed by atoms with Crippen LogP contribution in [0.3, 0.4) is 0 Å². The summed E-state index contributed by atoms with van der Waals surface area (Å²) in [5.74, 6) is -1.09. The van der Waals surface area contributed by atoms with E-state index >= 15 is 0 Å². The largest absolute Gasteiger partial charge is 0.480 e. The Morgan fingerprint density at radius 3 is 2.95 bits per heavy atom. The van der Waals surface area contributed by atoms with Crippen LogP contribution in [0.2, 0.25) is 0 Å². The van der Waals surface area contributed by atoms with E-state index in [1.807, 2.05) is 17.5 Å². The Labute approximate surface area is 119 Å². The van der Waals surface area contributed by atoms with Crippen LogP contribution < -0.4 is 4.72 Å². The Morgan fingerprint density at radius 1 is 1.60 bits per heavy atom. The minimum atomic E-state index is -3.72. The number of rotatable bonds is 6. The van der Waals surface area contributed by atoms with Gasteiger partial charge in [-0.3, -0.25) is 9.48 Å². The lowest BCUT2D eigenvalue weighted by Crippen LogP contribution is -2.26. The fraction of sp³-hybridized carbons (Fsp3) is 0.273. The summed E-state index contributed by atoms with van der Waals surface area (Å²) in [5.41, 5.74) is 0. The lowest BCUT2D eigenvalue weighted by atomic mass is 10.3. The van der Waals surface area contributed by atoms with Crippen molar-refractivity contribution < 1.29 is 18.3 Å². The first-order valence-electron chi connectivity index (χ1n) is 5.68. The number of carboxylic acids is 1. The maximum atomic E-state index is 12.1. The molecule has 0 spiro atoms. The first kappa shape index (κ1) is 14.7. The molecule has 0 aliphatic carbocycles. The highest BCUT2D eigenvalue weighted by Gasteiger charge is 2.21. The summed E-state index contributed by atoms with van der Waals surface area (Å²) in [6.45, 7) is 1.36. The molecular formula is C11H13N3O4S2. The SMILES string of the molecule is CC(NS(=O)(=O)c1cnn(CC(=O)O)c1)c1cccs1. The van der Waals surface area contributed by atoms with Crippen molar-refractivity contribution >= 4 is 27.3 Å². The van der Waals surface area contributed by atoms with Gasteiger partial charge in [0.25, 0.3) is 0 Å². The van der Waals surface area contributed by atoms with Gasteiger partial charge in [-0.1, -0.05) is 6.07 Å². The summed E-state index contributed by atoms with van der Waals surface area (Å²) < 4.78 is 27.8. The van der Waals surface area contributed by atoms with Crippen molar-refractivity contribution in [1.29, 1.82) is 0 Å². The van der Waals surface area contributed by atoms with Crippen molar-refractivity contribution in [3.8, 4) is 0 Å². The van der Waals surface area contributed by atoms with E-state index in [1.54, 1.807) is 6.92 Å². The molecule has 0 bridgehead atoms. The van der Waals surface area contributed by atoms with Crippen LogP contribution in [0.1, 0.15) is 17.8 Å². The average molecular weight is 315 g/mol. The molecule has 0 saturated carbocycles. The lowest BCUT2D eigenvalue weighted by Gasteiger charge is -2.11. The number of carboxylic acid groups (broad SMARTS) is 1. The maximum absolute atomic E-state index is 12.1. The Kier molecular flexibility index (Phi) is 4.21. The third-order valence-electron chi connectivity index (χ3n) is 2.52. The summed E-state index contributed by atoms with van der Waals surface area (Å²) in [5, 5.41) is 14.2. The van der Waals surface area contributed by atoms with Gasteiger partial charge in [-0.05, 0) is 18.4 Å². The predicted octanol–water partition coefficient (Wildman–Crippen LogP) is 1.07. The maximum Gasteiger partial charge on any atom is 0.325 e. The van der Waals surface area contributed by atoms with Gasteiger partial charge in [0, 0.05) is 11.1 Å². The Bertz CT molecular complexity index is 691.